The van der Waals surface area contributed by atoms with Crippen molar-refractivity contribution < 1.29 is 4.79 Å². The summed E-state index contributed by atoms with van der Waals surface area (Å²) in [5, 5.41) is 8.38. The first-order chi connectivity index (χ1) is 6.11. The van der Waals surface area contributed by atoms with E-state index in [9.17, 15) is 4.79 Å². The third-order valence-electron chi connectivity index (χ3n) is 1.66. The minimum absolute atomic E-state index is 0.0979. The predicted octanol–water partition coefficient (Wildman–Crippen LogP) is 1.13. The molecule has 0 amide bonds. The number of hydrogen-bond acceptors (Lipinski definition) is 4. The quantitative estimate of drug-likeness (QED) is 0.682. The zero-order chi connectivity index (χ0) is 9.84. The third-order valence-corrected chi connectivity index (χ3v) is 2.71. The van der Waals surface area contributed by atoms with E-state index in [2.05, 4.69) is 10.2 Å². The second kappa shape index (κ2) is 4.41. The van der Waals surface area contributed by atoms with Crippen molar-refractivity contribution in [2.75, 3.05) is 5.75 Å². The highest BCUT2D eigenvalue weighted by Crippen LogP contribution is 2.14. The first kappa shape index (κ1) is 10.2. The monoisotopic (exact) mass is 199 g/mol. The molecule has 0 aliphatic carbocycles. The molecule has 13 heavy (non-hydrogen) atoms. The molecule has 4 nitrogen and oxygen atoms in total. The van der Waals surface area contributed by atoms with E-state index in [1.165, 1.54) is 11.8 Å². The molecule has 1 heterocycles. The molecule has 0 unspecified atom stereocenters. The molecular formula is C8H13N3OS. The summed E-state index contributed by atoms with van der Waals surface area (Å²) in [4.78, 5) is 11.3. The van der Waals surface area contributed by atoms with Crippen LogP contribution in [0.2, 0.25) is 0 Å². The average Bonchev–Trinajstić information content (AvgIpc) is 2.47. The molecule has 0 bridgehead atoms. The number of nitrogens with zero attached hydrogens (tertiary/aromatic N) is 3. The maximum Gasteiger partial charge on any atom is 0.191 e. The maximum atomic E-state index is 11.3. The summed E-state index contributed by atoms with van der Waals surface area (Å²) in [7, 11) is 1.86. The summed E-state index contributed by atoms with van der Waals surface area (Å²) in [5.41, 5.74) is 0. The molecule has 0 aromatic carbocycles. The number of aromatic nitrogens is 3. The SMILES string of the molecule is CC(C)C(=O)CSc1nncn1C. The second-order valence-corrected chi connectivity index (χ2v) is 4.08. The molecular weight excluding hydrogens is 186 g/mol. The fraction of sp³-hybridized carbons (Fsp3) is 0.625. The molecule has 0 saturated carbocycles. The molecule has 0 saturated heterocycles. The van der Waals surface area contributed by atoms with Gasteiger partial charge in [-0.15, -0.1) is 10.2 Å². The Morgan fingerprint density at radius 1 is 1.69 bits per heavy atom. The smallest absolute Gasteiger partial charge is 0.191 e. The van der Waals surface area contributed by atoms with Gasteiger partial charge in [-0.25, -0.2) is 0 Å². The number of thioether (sulfide) groups is 1. The summed E-state index contributed by atoms with van der Waals surface area (Å²) in [5.74, 6) is 0.818. The highest BCUT2D eigenvalue weighted by molar-refractivity contribution is 7.99. The highest BCUT2D eigenvalue weighted by atomic mass is 32.2. The van der Waals surface area contributed by atoms with Gasteiger partial charge in [0, 0.05) is 13.0 Å². The van der Waals surface area contributed by atoms with Gasteiger partial charge in [0.2, 0.25) is 0 Å². The van der Waals surface area contributed by atoms with Gasteiger partial charge in [-0.3, -0.25) is 4.79 Å². The van der Waals surface area contributed by atoms with Crippen molar-refractivity contribution >= 4 is 17.5 Å². The van der Waals surface area contributed by atoms with Crippen molar-refractivity contribution in [1.82, 2.24) is 14.8 Å². The molecule has 72 valence electrons. The average molecular weight is 199 g/mol. The van der Waals surface area contributed by atoms with Gasteiger partial charge in [-0.2, -0.15) is 0 Å². The first-order valence-corrected chi connectivity index (χ1v) is 5.09. The van der Waals surface area contributed by atoms with Gasteiger partial charge < -0.3 is 4.57 Å². The van der Waals surface area contributed by atoms with Crippen LogP contribution < -0.4 is 0 Å². The fourth-order valence-corrected chi connectivity index (χ4v) is 1.67. The van der Waals surface area contributed by atoms with Gasteiger partial charge in [0.15, 0.2) is 5.16 Å². The van der Waals surface area contributed by atoms with Crippen LogP contribution in [0, 0.1) is 5.92 Å². The van der Waals surface area contributed by atoms with E-state index in [4.69, 9.17) is 0 Å². The van der Waals surface area contributed by atoms with Crippen LogP contribution in [0.3, 0.4) is 0 Å². The van der Waals surface area contributed by atoms with Crippen LogP contribution in [0.1, 0.15) is 13.8 Å². The van der Waals surface area contributed by atoms with Crippen molar-refractivity contribution in [3.63, 3.8) is 0 Å². The summed E-state index contributed by atoms with van der Waals surface area (Å²) < 4.78 is 1.80. The van der Waals surface area contributed by atoms with E-state index >= 15 is 0 Å². The molecule has 0 spiro atoms. The van der Waals surface area contributed by atoms with E-state index in [-0.39, 0.29) is 11.7 Å². The van der Waals surface area contributed by atoms with E-state index in [0.717, 1.165) is 5.16 Å². The third kappa shape index (κ3) is 2.84. The lowest BCUT2D eigenvalue weighted by molar-refractivity contribution is -0.119. The summed E-state index contributed by atoms with van der Waals surface area (Å²) in [6.07, 6.45) is 1.63. The Morgan fingerprint density at radius 3 is 2.85 bits per heavy atom. The van der Waals surface area contributed by atoms with E-state index in [1.54, 1.807) is 10.9 Å². The lowest BCUT2D eigenvalue weighted by atomic mass is 10.1. The van der Waals surface area contributed by atoms with Gasteiger partial charge in [-0.05, 0) is 0 Å². The lowest BCUT2D eigenvalue weighted by Gasteiger charge is -2.02. The largest absolute Gasteiger partial charge is 0.312 e. The second-order valence-electron chi connectivity index (χ2n) is 3.13. The molecule has 1 rings (SSSR count). The Hall–Kier alpha value is -0.840. The topological polar surface area (TPSA) is 47.8 Å². The van der Waals surface area contributed by atoms with Crippen LogP contribution in [0.5, 0.6) is 0 Å². The number of rotatable bonds is 4. The van der Waals surface area contributed by atoms with Gasteiger partial charge in [-0.1, -0.05) is 25.6 Å². The van der Waals surface area contributed by atoms with Crippen LogP contribution >= 0.6 is 11.8 Å². The Kier molecular flexibility index (Phi) is 3.48. The molecule has 0 N–H and O–H groups in total. The van der Waals surface area contributed by atoms with Crippen LogP contribution in [0.25, 0.3) is 0 Å². The summed E-state index contributed by atoms with van der Waals surface area (Å²) in [6, 6.07) is 0. The molecule has 0 aliphatic heterocycles. The Morgan fingerprint density at radius 2 is 2.38 bits per heavy atom. The van der Waals surface area contributed by atoms with Crippen molar-refractivity contribution in [1.29, 1.82) is 0 Å². The fourth-order valence-electron chi connectivity index (χ4n) is 0.706. The minimum Gasteiger partial charge on any atom is -0.312 e. The molecule has 0 atom stereocenters. The Bertz CT molecular complexity index is 295. The summed E-state index contributed by atoms with van der Waals surface area (Å²) in [6.45, 7) is 3.80. The van der Waals surface area contributed by atoms with Crippen molar-refractivity contribution in [2.24, 2.45) is 13.0 Å². The van der Waals surface area contributed by atoms with Crippen LogP contribution in [-0.4, -0.2) is 26.3 Å². The molecule has 5 heteroatoms. The molecule has 0 fully saturated rings. The standard InChI is InChI=1S/C8H13N3OS/c1-6(2)7(12)4-13-8-10-9-5-11(8)3/h5-6H,4H2,1-3H3. The minimum atomic E-state index is 0.0979. The number of hydrogen-bond donors (Lipinski definition) is 0. The van der Waals surface area contributed by atoms with E-state index < -0.39 is 0 Å². The van der Waals surface area contributed by atoms with Crippen LogP contribution in [0.4, 0.5) is 0 Å². The lowest BCUT2D eigenvalue weighted by Crippen LogP contribution is -2.10. The molecule has 0 radical (unpaired) electrons. The van der Waals surface area contributed by atoms with Gasteiger partial charge in [0.05, 0.1) is 5.75 Å². The number of ketones is 1. The predicted molar refractivity (Wildman–Crippen MR) is 51.6 cm³/mol. The zero-order valence-electron chi connectivity index (χ0n) is 8.02. The van der Waals surface area contributed by atoms with Crippen molar-refractivity contribution in [3.05, 3.63) is 6.33 Å². The normalized spacial score (nSPS) is 10.8. The van der Waals surface area contributed by atoms with Crippen molar-refractivity contribution in [3.8, 4) is 0 Å². The zero-order valence-corrected chi connectivity index (χ0v) is 8.84. The Labute approximate surface area is 81.7 Å². The van der Waals surface area contributed by atoms with Crippen molar-refractivity contribution in [2.45, 2.75) is 19.0 Å². The molecule has 1 aromatic rings. The summed E-state index contributed by atoms with van der Waals surface area (Å²) >= 11 is 1.43. The molecule has 1 aromatic heterocycles. The molecule has 0 aliphatic rings. The number of carbonyl (C=O) groups is 1. The van der Waals surface area contributed by atoms with Gasteiger partial charge >= 0.3 is 0 Å². The highest BCUT2D eigenvalue weighted by Gasteiger charge is 2.09. The maximum absolute atomic E-state index is 11.3. The van der Waals surface area contributed by atoms with Gasteiger partial charge in [0.25, 0.3) is 0 Å². The van der Waals surface area contributed by atoms with E-state index in [1.807, 2.05) is 20.9 Å². The number of carbonyl (C=O) groups excluding carboxylic acids is 1. The number of aryl methyl sites for hydroxylation is 1. The number of Topliss-reactive ketones (excluding diaryl/α,β-unsaturated/α-hetero) is 1. The van der Waals surface area contributed by atoms with Crippen LogP contribution in [0.15, 0.2) is 11.5 Å². The van der Waals surface area contributed by atoms with Gasteiger partial charge in [0.1, 0.15) is 12.1 Å². The first-order valence-electron chi connectivity index (χ1n) is 4.10. The van der Waals surface area contributed by atoms with E-state index in [0.29, 0.717) is 5.75 Å². The Balaban J connectivity index is 2.44. The van der Waals surface area contributed by atoms with Crippen LogP contribution in [-0.2, 0) is 11.8 Å².